The van der Waals surface area contributed by atoms with E-state index in [0.29, 0.717) is 5.92 Å². The van der Waals surface area contributed by atoms with Crippen LogP contribution in [-0.2, 0) is 26.4 Å². The van der Waals surface area contributed by atoms with Crippen LogP contribution in [0.2, 0.25) is 0 Å². The average Bonchev–Trinajstić information content (AvgIpc) is 3.42. The van der Waals surface area contributed by atoms with Crippen LogP contribution in [0.3, 0.4) is 0 Å². The topological polar surface area (TPSA) is 76.2 Å². The van der Waals surface area contributed by atoms with Crippen molar-refractivity contribution in [2.75, 3.05) is 26.2 Å². The Morgan fingerprint density at radius 2 is 2.13 bits per heavy atom. The Kier molecular flexibility index (Phi) is 8.52. The van der Waals surface area contributed by atoms with Gasteiger partial charge in [-0.3, -0.25) is 9.67 Å². The molecule has 0 spiro atoms. The van der Waals surface area contributed by atoms with Gasteiger partial charge in [0.25, 0.3) is 0 Å². The number of nitrogens with one attached hydrogen (secondary N) is 1. The third-order valence-electron chi connectivity index (χ3n) is 6.03. The van der Waals surface area contributed by atoms with Gasteiger partial charge in [0.05, 0.1) is 6.20 Å². The Labute approximate surface area is 196 Å². The lowest BCUT2D eigenvalue weighted by atomic mass is 10.0. The first kappa shape index (κ1) is 23.0. The summed E-state index contributed by atoms with van der Waals surface area (Å²) in [4.78, 5) is 7.31. The number of aromatic nitrogens is 5. The molecule has 1 unspecified atom stereocenters. The zero-order valence-electron chi connectivity index (χ0n) is 18.3. The van der Waals surface area contributed by atoms with Gasteiger partial charge in [0.1, 0.15) is 11.6 Å². The number of aliphatic imine (C=N–C) groups is 1. The molecule has 1 atom stereocenters. The fraction of sp³-hybridized carbons (Fsp3) is 0.714. The number of hydrogen-bond donors (Lipinski definition) is 1. The summed E-state index contributed by atoms with van der Waals surface area (Å²) in [7, 11) is 1.98. The Hall–Kier alpha value is -1.65. The molecule has 30 heavy (non-hydrogen) atoms. The van der Waals surface area contributed by atoms with Crippen LogP contribution in [-0.4, -0.2) is 61.6 Å². The molecule has 2 aromatic heterocycles. The molecule has 4 rings (SSSR count). The summed E-state index contributed by atoms with van der Waals surface area (Å²) in [6.07, 6.45) is 12.1. The standard InChI is InChI=1S/C21H34N8.HI/c1-3-22-21(28-13-10-17(16-28)18-14-24-27(2)15-18)23-11-7-9-20-26-25-19-8-5-4-6-12-29(19)20;/h14-15,17H,3-13,16H2,1-2H3,(H,22,23);1H. The predicted octanol–water partition coefficient (Wildman–Crippen LogP) is 2.74. The van der Waals surface area contributed by atoms with Crippen molar-refractivity contribution in [2.45, 2.75) is 64.3 Å². The molecular weight excluding hydrogens is 491 g/mol. The van der Waals surface area contributed by atoms with Crippen molar-refractivity contribution in [1.29, 1.82) is 0 Å². The lowest BCUT2D eigenvalue weighted by Gasteiger charge is -2.21. The average molecular weight is 526 g/mol. The largest absolute Gasteiger partial charge is 0.357 e. The van der Waals surface area contributed by atoms with E-state index >= 15 is 0 Å². The van der Waals surface area contributed by atoms with Gasteiger partial charge in [-0.05, 0) is 38.2 Å². The minimum absolute atomic E-state index is 0. The molecule has 0 bridgehead atoms. The van der Waals surface area contributed by atoms with Crippen molar-refractivity contribution in [3.05, 3.63) is 29.6 Å². The molecule has 2 aliphatic heterocycles. The van der Waals surface area contributed by atoms with Crippen LogP contribution >= 0.6 is 24.0 Å². The van der Waals surface area contributed by atoms with Crippen molar-refractivity contribution in [1.82, 2.24) is 34.8 Å². The van der Waals surface area contributed by atoms with Crippen molar-refractivity contribution in [3.8, 4) is 0 Å². The quantitative estimate of drug-likeness (QED) is 0.271. The fourth-order valence-electron chi connectivity index (χ4n) is 4.45. The molecule has 0 aromatic carbocycles. The molecule has 0 aliphatic carbocycles. The number of fused-ring (bicyclic) bond motifs is 1. The highest BCUT2D eigenvalue weighted by Crippen LogP contribution is 2.26. The summed E-state index contributed by atoms with van der Waals surface area (Å²) in [6, 6.07) is 0. The van der Waals surface area contributed by atoms with E-state index in [4.69, 9.17) is 4.99 Å². The molecule has 4 heterocycles. The Bertz CT molecular complexity index is 827. The molecule has 2 aromatic rings. The van der Waals surface area contributed by atoms with Gasteiger partial charge < -0.3 is 14.8 Å². The van der Waals surface area contributed by atoms with Crippen LogP contribution in [0.5, 0.6) is 0 Å². The molecule has 2 aliphatic rings. The SMILES string of the molecule is CCNC(=NCCCc1nnc2n1CCCCC2)N1CCC(c2cnn(C)c2)C1.I. The molecule has 9 heteroatoms. The fourth-order valence-corrected chi connectivity index (χ4v) is 4.45. The second kappa shape index (κ2) is 11.1. The first-order valence-electron chi connectivity index (χ1n) is 11.2. The highest BCUT2D eigenvalue weighted by atomic mass is 127. The molecule has 0 radical (unpaired) electrons. The summed E-state index contributed by atoms with van der Waals surface area (Å²) in [6.45, 7) is 6.98. The van der Waals surface area contributed by atoms with Crippen LogP contribution in [0, 0.1) is 0 Å². The second-order valence-electron chi connectivity index (χ2n) is 8.21. The van der Waals surface area contributed by atoms with E-state index in [1.807, 2.05) is 17.9 Å². The Morgan fingerprint density at radius 1 is 1.23 bits per heavy atom. The lowest BCUT2D eigenvalue weighted by Crippen LogP contribution is -2.40. The first-order chi connectivity index (χ1) is 14.2. The van der Waals surface area contributed by atoms with Crippen molar-refractivity contribution in [2.24, 2.45) is 12.0 Å². The highest BCUT2D eigenvalue weighted by molar-refractivity contribution is 14.0. The van der Waals surface area contributed by atoms with Gasteiger partial charge in [-0.15, -0.1) is 34.2 Å². The van der Waals surface area contributed by atoms with E-state index in [1.165, 1.54) is 30.7 Å². The number of guanidine groups is 1. The molecule has 166 valence electrons. The van der Waals surface area contributed by atoms with Gasteiger partial charge in [0.15, 0.2) is 5.96 Å². The van der Waals surface area contributed by atoms with Crippen LogP contribution in [0.15, 0.2) is 17.4 Å². The van der Waals surface area contributed by atoms with E-state index in [-0.39, 0.29) is 24.0 Å². The van der Waals surface area contributed by atoms with Crippen LogP contribution in [0.1, 0.15) is 62.2 Å². The van der Waals surface area contributed by atoms with Crippen LogP contribution in [0.25, 0.3) is 0 Å². The summed E-state index contributed by atoms with van der Waals surface area (Å²) in [5.41, 5.74) is 1.33. The zero-order valence-corrected chi connectivity index (χ0v) is 20.6. The number of halogens is 1. The minimum atomic E-state index is 0. The van der Waals surface area contributed by atoms with E-state index in [0.717, 1.165) is 70.2 Å². The number of rotatable bonds is 6. The first-order valence-corrected chi connectivity index (χ1v) is 11.2. The number of aryl methyl sites for hydroxylation is 3. The Balaban J connectivity index is 0.00000256. The smallest absolute Gasteiger partial charge is 0.193 e. The molecule has 1 N–H and O–H groups in total. The van der Waals surface area contributed by atoms with Gasteiger partial charge in [-0.2, -0.15) is 5.10 Å². The number of likely N-dealkylation sites (tertiary alicyclic amines) is 1. The molecular formula is C21H35IN8. The molecule has 1 saturated heterocycles. The summed E-state index contributed by atoms with van der Waals surface area (Å²) >= 11 is 0. The van der Waals surface area contributed by atoms with Crippen LogP contribution < -0.4 is 5.32 Å². The monoisotopic (exact) mass is 526 g/mol. The molecule has 8 nitrogen and oxygen atoms in total. The van der Waals surface area contributed by atoms with E-state index in [2.05, 4.69) is 43.2 Å². The third-order valence-corrected chi connectivity index (χ3v) is 6.03. The minimum Gasteiger partial charge on any atom is -0.357 e. The van der Waals surface area contributed by atoms with Gasteiger partial charge in [-0.1, -0.05) is 6.42 Å². The van der Waals surface area contributed by atoms with Crippen molar-refractivity contribution >= 4 is 29.9 Å². The van der Waals surface area contributed by atoms with Crippen molar-refractivity contribution < 1.29 is 0 Å². The second-order valence-corrected chi connectivity index (χ2v) is 8.21. The third kappa shape index (κ3) is 5.53. The van der Waals surface area contributed by atoms with E-state index in [1.54, 1.807) is 0 Å². The summed E-state index contributed by atoms with van der Waals surface area (Å²) in [5.74, 6) is 3.89. The molecule has 0 amide bonds. The number of hydrogen-bond acceptors (Lipinski definition) is 4. The van der Waals surface area contributed by atoms with Gasteiger partial charge in [0.2, 0.25) is 0 Å². The van der Waals surface area contributed by atoms with Crippen molar-refractivity contribution in [3.63, 3.8) is 0 Å². The van der Waals surface area contributed by atoms with Gasteiger partial charge in [0, 0.05) is 64.7 Å². The molecule has 0 saturated carbocycles. The maximum absolute atomic E-state index is 4.91. The highest BCUT2D eigenvalue weighted by Gasteiger charge is 2.26. The summed E-state index contributed by atoms with van der Waals surface area (Å²) in [5, 5.41) is 16.7. The van der Waals surface area contributed by atoms with E-state index < -0.39 is 0 Å². The van der Waals surface area contributed by atoms with Gasteiger partial charge >= 0.3 is 0 Å². The number of nitrogens with zero attached hydrogens (tertiary/aromatic N) is 7. The maximum Gasteiger partial charge on any atom is 0.193 e. The van der Waals surface area contributed by atoms with Gasteiger partial charge in [-0.25, -0.2) is 0 Å². The zero-order chi connectivity index (χ0) is 20.1. The maximum atomic E-state index is 4.91. The summed E-state index contributed by atoms with van der Waals surface area (Å²) < 4.78 is 4.24. The molecule has 1 fully saturated rings. The lowest BCUT2D eigenvalue weighted by molar-refractivity contribution is 0.485. The normalized spacial score (nSPS) is 19.3. The predicted molar refractivity (Wildman–Crippen MR) is 129 cm³/mol. The Morgan fingerprint density at radius 3 is 2.93 bits per heavy atom. The van der Waals surface area contributed by atoms with Crippen LogP contribution in [0.4, 0.5) is 0 Å². The van der Waals surface area contributed by atoms with E-state index in [9.17, 15) is 0 Å².